The van der Waals surface area contributed by atoms with Crippen molar-refractivity contribution in [2.45, 2.75) is 25.7 Å². The van der Waals surface area contributed by atoms with E-state index >= 15 is 0 Å². The first-order valence-corrected chi connectivity index (χ1v) is 8.08. The molecule has 24 heavy (non-hydrogen) atoms. The van der Waals surface area contributed by atoms with Gasteiger partial charge in [-0.05, 0) is 67.2 Å². The summed E-state index contributed by atoms with van der Waals surface area (Å²) < 4.78 is 0. The zero-order valence-corrected chi connectivity index (χ0v) is 13.8. The Morgan fingerprint density at radius 2 is 1.92 bits per heavy atom. The number of nitrogens with one attached hydrogen (secondary N) is 1. The molecule has 1 unspecified atom stereocenters. The summed E-state index contributed by atoms with van der Waals surface area (Å²) in [5.41, 5.74) is 7.93. The number of hydrogen-bond donors (Lipinski definition) is 4. The van der Waals surface area contributed by atoms with Crippen LogP contribution in [0.1, 0.15) is 40.7 Å². The maximum absolute atomic E-state index is 11.2. The average molecular weight is 328 g/mol. The molecule has 5 N–H and O–H groups in total. The van der Waals surface area contributed by atoms with E-state index in [1.54, 1.807) is 18.2 Å². The average Bonchev–Trinajstić information content (AvgIpc) is 2.57. The second-order valence-corrected chi connectivity index (χ2v) is 6.00. The molecule has 5 heteroatoms. The van der Waals surface area contributed by atoms with Gasteiger partial charge in [-0.3, -0.25) is 4.79 Å². The summed E-state index contributed by atoms with van der Waals surface area (Å²) in [6, 6.07) is 12.3. The molecule has 0 aliphatic carbocycles. The number of carbonyl (C=O) groups excluding carboxylic acids is 1. The van der Waals surface area contributed by atoms with Gasteiger partial charge in [0, 0.05) is 5.56 Å². The van der Waals surface area contributed by atoms with Crippen LogP contribution < -0.4 is 11.1 Å². The van der Waals surface area contributed by atoms with Gasteiger partial charge in [-0.2, -0.15) is 0 Å². The van der Waals surface area contributed by atoms with Crippen molar-refractivity contribution in [2.24, 2.45) is 5.73 Å². The van der Waals surface area contributed by atoms with E-state index in [4.69, 9.17) is 5.73 Å². The molecule has 5 nitrogen and oxygen atoms in total. The Morgan fingerprint density at radius 1 is 1.12 bits per heavy atom. The second kappa shape index (κ2) is 8.36. The van der Waals surface area contributed by atoms with Crippen molar-refractivity contribution >= 4 is 5.91 Å². The van der Waals surface area contributed by atoms with Crippen molar-refractivity contribution in [1.82, 2.24) is 5.32 Å². The standard InChI is InChI=1S/C19H24N2O3/c1-13(15-3-2-4-16(12-15)19(20)24)7-9-21-10-8-14-5-6-17(22)18(23)11-14/h2-6,11-13,21-23H,7-10H2,1H3,(H2,20,24). The van der Waals surface area contributed by atoms with Crippen LogP contribution in [-0.2, 0) is 6.42 Å². The molecule has 0 spiro atoms. The maximum atomic E-state index is 11.2. The maximum Gasteiger partial charge on any atom is 0.248 e. The van der Waals surface area contributed by atoms with Gasteiger partial charge in [-0.15, -0.1) is 0 Å². The fourth-order valence-corrected chi connectivity index (χ4v) is 2.57. The minimum atomic E-state index is -0.403. The summed E-state index contributed by atoms with van der Waals surface area (Å²) in [4.78, 5) is 11.2. The molecule has 2 aromatic carbocycles. The van der Waals surface area contributed by atoms with E-state index < -0.39 is 5.91 Å². The van der Waals surface area contributed by atoms with Crippen LogP contribution in [0, 0.1) is 0 Å². The number of hydrogen-bond acceptors (Lipinski definition) is 4. The third-order valence-corrected chi connectivity index (χ3v) is 4.12. The number of phenols is 2. The van der Waals surface area contributed by atoms with Crippen LogP contribution in [0.5, 0.6) is 11.5 Å². The zero-order chi connectivity index (χ0) is 17.5. The molecule has 0 aromatic heterocycles. The highest BCUT2D eigenvalue weighted by atomic mass is 16.3. The first-order chi connectivity index (χ1) is 11.5. The van der Waals surface area contributed by atoms with Gasteiger partial charge in [-0.1, -0.05) is 25.1 Å². The van der Waals surface area contributed by atoms with E-state index in [0.717, 1.165) is 37.1 Å². The molecule has 128 valence electrons. The number of amides is 1. The van der Waals surface area contributed by atoms with Gasteiger partial charge in [0.25, 0.3) is 0 Å². The van der Waals surface area contributed by atoms with Crippen molar-refractivity contribution in [3.05, 3.63) is 59.2 Å². The van der Waals surface area contributed by atoms with Crippen LogP contribution >= 0.6 is 0 Å². The number of aromatic hydroxyl groups is 2. The van der Waals surface area contributed by atoms with Crippen molar-refractivity contribution in [1.29, 1.82) is 0 Å². The molecular formula is C19H24N2O3. The van der Waals surface area contributed by atoms with Gasteiger partial charge in [-0.25, -0.2) is 0 Å². The third kappa shape index (κ3) is 4.99. The van der Waals surface area contributed by atoms with Crippen molar-refractivity contribution in [2.75, 3.05) is 13.1 Å². The largest absolute Gasteiger partial charge is 0.504 e. The highest BCUT2D eigenvalue weighted by Gasteiger charge is 2.08. The highest BCUT2D eigenvalue weighted by molar-refractivity contribution is 5.92. The molecule has 0 fully saturated rings. The van der Waals surface area contributed by atoms with Crippen molar-refractivity contribution < 1.29 is 15.0 Å². The lowest BCUT2D eigenvalue weighted by atomic mass is 9.96. The number of primary amides is 1. The molecule has 0 saturated heterocycles. The van der Waals surface area contributed by atoms with E-state index in [1.807, 2.05) is 18.2 Å². The summed E-state index contributed by atoms with van der Waals surface area (Å²) in [7, 11) is 0. The Kier molecular flexibility index (Phi) is 6.21. The zero-order valence-electron chi connectivity index (χ0n) is 13.8. The predicted octanol–water partition coefficient (Wildman–Crippen LogP) is 2.52. The molecule has 2 rings (SSSR count). The molecule has 0 aliphatic heterocycles. The Hall–Kier alpha value is -2.53. The lowest BCUT2D eigenvalue weighted by molar-refractivity contribution is 0.1000. The van der Waals surface area contributed by atoms with Crippen LogP contribution in [0.25, 0.3) is 0 Å². The van der Waals surface area contributed by atoms with Gasteiger partial charge in [0.1, 0.15) is 0 Å². The highest BCUT2D eigenvalue weighted by Crippen LogP contribution is 2.25. The normalized spacial score (nSPS) is 12.0. The van der Waals surface area contributed by atoms with Crippen molar-refractivity contribution in [3.8, 4) is 11.5 Å². The number of phenolic OH excluding ortho intramolecular Hbond substituents is 2. The van der Waals surface area contributed by atoms with Crippen LogP contribution in [0.2, 0.25) is 0 Å². The summed E-state index contributed by atoms with van der Waals surface area (Å²) in [6.45, 7) is 3.77. The third-order valence-electron chi connectivity index (χ3n) is 4.12. The van der Waals surface area contributed by atoms with Crippen LogP contribution in [0.4, 0.5) is 0 Å². The van der Waals surface area contributed by atoms with E-state index in [1.165, 1.54) is 6.07 Å². The first-order valence-electron chi connectivity index (χ1n) is 8.08. The first kappa shape index (κ1) is 17.8. The molecule has 1 atom stereocenters. The smallest absolute Gasteiger partial charge is 0.248 e. The Balaban J connectivity index is 1.74. The molecule has 0 aliphatic rings. The fourth-order valence-electron chi connectivity index (χ4n) is 2.57. The van der Waals surface area contributed by atoms with Crippen molar-refractivity contribution in [3.63, 3.8) is 0 Å². The number of nitrogens with two attached hydrogens (primary N) is 1. The molecular weight excluding hydrogens is 304 g/mol. The van der Waals surface area contributed by atoms with Crippen LogP contribution in [0.15, 0.2) is 42.5 Å². The SMILES string of the molecule is CC(CCNCCc1ccc(O)c(O)c1)c1cccc(C(N)=O)c1. The van der Waals surface area contributed by atoms with Gasteiger partial charge in [0.15, 0.2) is 11.5 Å². The number of rotatable bonds is 8. The summed E-state index contributed by atoms with van der Waals surface area (Å²) in [5, 5.41) is 22.1. The Bertz CT molecular complexity index is 701. The minimum absolute atomic E-state index is 0.0875. The van der Waals surface area contributed by atoms with E-state index in [0.29, 0.717) is 11.5 Å². The van der Waals surface area contributed by atoms with Gasteiger partial charge >= 0.3 is 0 Å². The minimum Gasteiger partial charge on any atom is -0.504 e. The molecule has 0 heterocycles. The van der Waals surface area contributed by atoms with Gasteiger partial charge in [0.05, 0.1) is 0 Å². The summed E-state index contributed by atoms with van der Waals surface area (Å²) in [5.74, 6) is -0.261. The second-order valence-electron chi connectivity index (χ2n) is 6.00. The molecule has 2 aromatic rings. The van der Waals surface area contributed by atoms with Crippen LogP contribution in [-0.4, -0.2) is 29.2 Å². The van der Waals surface area contributed by atoms with Gasteiger partial charge in [0.2, 0.25) is 5.91 Å². The lowest BCUT2D eigenvalue weighted by Crippen LogP contribution is -2.20. The molecule has 0 saturated carbocycles. The fraction of sp³-hybridized carbons (Fsp3) is 0.316. The monoisotopic (exact) mass is 328 g/mol. The van der Waals surface area contributed by atoms with E-state index in [-0.39, 0.29) is 11.5 Å². The topological polar surface area (TPSA) is 95.6 Å². The Morgan fingerprint density at radius 3 is 2.62 bits per heavy atom. The number of benzene rings is 2. The summed E-state index contributed by atoms with van der Waals surface area (Å²) in [6.07, 6.45) is 1.72. The van der Waals surface area contributed by atoms with Crippen LogP contribution in [0.3, 0.4) is 0 Å². The lowest BCUT2D eigenvalue weighted by Gasteiger charge is -2.13. The van der Waals surface area contributed by atoms with E-state index in [9.17, 15) is 15.0 Å². The van der Waals surface area contributed by atoms with Gasteiger partial charge < -0.3 is 21.3 Å². The molecule has 0 bridgehead atoms. The molecule has 1 amide bonds. The predicted molar refractivity (Wildman–Crippen MR) is 94.3 cm³/mol. The summed E-state index contributed by atoms with van der Waals surface area (Å²) >= 11 is 0. The molecule has 0 radical (unpaired) electrons. The van der Waals surface area contributed by atoms with E-state index in [2.05, 4.69) is 12.2 Å². The quantitative estimate of drug-likeness (QED) is 0.442. The Labute approximate surface area is 142 Å². The number of carbonyl (C=O) groups is 1.